The SMILES string of the molecule is CCC1CCC(CC2CC2)CC1. The number of hydrogen-bond donors (Lipinski definition) is 0. The average Bonchev–Trinajstić information content (AvgIpc) is 2.90. The summed E-state index contributed by atoms with van der Waals surface area (Å²) in [7, 11) is 0. The molecule has 0 amide bonds. The van der Waals surface area contributed by atoms with Gasteiger partial charge in [0.15, 0.2) is 0 Å². The maximum Gasteiger partial charge on any atom is -0.0411 e. The van der Waals surface area contributed by atoms with Crippen LogP contribution in [0.15, 0.2) is 0 Å². The predicted octanol–water partition coefficient (Wildman–Crippen LogP) is 4.00. The van der Waals surface area contributed by atoms with Crippen LogP contribution in [0.4, 0.5) is 0 Å². The third kappa shape index (κ3) is 2.24. The van der Waals surface area contributed by atoms with E-state index in [-0.39, 0.29) is 0 Å². The Morgan fingerprint density at radius 2 is 1.17 bits per heavy atom. The molecule has 0 heteroatoms. The fourth-order valence-corrected chi connectivity index (χ4v) is 2.70. The molecule has 0 spiro atoms. The third-order valence-corrected chi connectivity index (χ3v) is 3.91. The van der Waals surface area contributed by atoms with Crippen LogP contribution in [0.1, 0.15) is 58.3 Å². The second kappa shape index (κ2) is 3.81. The standard InChI is InChI=1S/C12H22/c1-2-10-3-5-11(6-4-10)9-12-7-8-12/h10-12H,2-9H2,1H3. The molecule has 12 heavy (non-hydrogen) atoms. The molecule has 2 aliphatic carbocycles. The zero-order valence-electron chi connectivity index (χ0n) is 8.39. The van der Waals surface area contributed by atoms with Gasteiger partial charge in [-0.1, -0.05) is 51.9 Å². The lowest BCUT2D eigenvalue weighted by atomic mass is 9.79. The van der Waals surface area contributed by atoms with Gasteiger partial charge in [0, 0.05) is 0 Å². The van der Waals surface area contributed by atoms with Crippen LogP contribution in [0, 0.1) is 17.8 Å². The molecule has 0 radical (unpaired) electrons. The lowest BCUT2D eigenvalue weighted by Gasteiger charge is -2.27. The van der Waals surface area contributed by atoms with Crippen molar-refractivity contribution < 1.29 is 0 Å². The van der Waals surface area contributed by atoms with Gasteiger partial charge in [-0.05, 0) is 24.2 Å². The van der Waals surface area contributed by atoms with Gasteiger partial charge in [0.05, 0.1) is 0 Å². The van der Waals surface area contributed by atoms with Gasteiger partial charge in [-0.2, -0.15) is 0 Å². The molecule has 0 aromatic carbocycles. The van der Waals surface area contributed by atoms with E-state index < -0.39 is 0 Å². The fraction of sp³-hybridized carbons (Fsp3) is 1.00. The van der Waals surface area contributed by atoms with E-state index in [0.29, 0.717) is 0 Å². The van der Waals surface area contributed by atoms with Crippen molar-refractivity contribution in [3.05, 3.63) is 0 Å². The Labute approximate surface area is 76.7 Å². The summed E-state index contributed by atoms with van der Waals surface area (Å²) in [5.74, 6) is 3.37. The van der Waals surface area contributed by atoms with Crippen LogP contribution in [0.5, 0.6) is 0 Å². The molecule has 0 atom stereocenters. The van der Waals surface area contributed by atoms with Crippen LogP contribution < -0.4 is 0 Å². The molecule has 2 fully saturated rings. The molecule has 0 nitrogen and oxygen atoms in total. The molecule has 0 aliphatic heterocycles. The van der Waals surface area contributed by atoms with E-state index in [2.05, 4.69) is 6.92 Å². The Morgan fingerprint density at radius 1 is 0.750 bits per heavy atom. The molecule has 0 heterocycles. The zero-order valence-corrected chi connectivity index (χ0v) is 8.39. The van der Waals surface area contributed by atoms with Crippen molar-refractivity contribution in [1.29, 1.82) is 0 Å². The Morgan fingerprint density at radius 3 is 1.58 bits per heavy atom. The molecular formula is C12H22. The molecule has 2 aliphatic rings. The molecule has 0 saturated heterocycles. The minimum Gasteiger partial charge on any atom is -0.0651 e. The van der Waals surface area contributed by atoms with Crippen molar-refractivity contribution >= 4 is 0 Å². The first-order valence-electron chi connectivity index (χ1n) is 5.88. The van der Waals surface area contributed by atoms with E-state index in [1.807, 2.05) is 0 Å². The molecule has 2 rings (SSSR count). The Hall–Kier alpha value is 0. The van der Waals surface area contributed by atoms with Gasteiger partial charge >= 0.3 is 0 Å². The van der Waals surface area contributed by atoms with Gasteiger partial charge in [0.2, 0.25) is 0 Å². The summed E-state index contributed by atoms with van der Waals surface area (Å²) in [4.78, 5) is 0. The van der Waals surface area contributed by atoms with E-state index in [4.69, 9.17) is 0 Å². The third-order valence-electron chi connectivity index (χ3n) is 3.91. The fourth-order valence-electron chi connectivity index (χ4n) is 2.70. The van der Waals surface area contributed by atoms with Crippen molar-refractivity contribution in [2.75, 3.05) is 0 Å². The van der Waals surface area contributed by atoms with Crippen LogP contribution in [0.3, 0.4) is 0 Å². The summed E-state index contributed by atoms with van der Waals surface area (Å²) in [6.07, 6.45) is 12.3. The highest BCUT2D eigenvalue weighted by atomic mass is 14.3. The monoisotopic (exact) mass is 166 g/mol. The minimum atomic E-state index is 1.08. The van der Waals surface area contributed by atoms with E-state index in [0.717, 1.165) is 17.8 Å². The Kier molecular flexibility index (Phi) is 2.73. The predicted molar refractivity (Wildman–Crippen MR) is 53.1 cm³/mol. The number of rotatable bonds is 3. The normalized spacial score (nSPS) is 36.8. The second-order valence-electron chi connectivity index (χ2n) is 4.97. The maximum absolute atomic E-state index is 2.35. The number of hydrogen-bond acceptors (Lipinski definition) is 0. The van der Waals surface area contributed by atoms with E-state index in [9.17, 15) is 0 Å². The highest BCUT2D eigenvalue weighted by molar-refractivity contribution is 4.80. The van der Waals surface area contributed by atoms with Gasteiger partial charge in [-0.3, -0.25) is 0 Å². The van der Waals surface area contributed by atoms with Gasteiger partial charge in [0.25, 0.3) is 0 Å². The lowest BCUT2D eigenvalue weighted by Crippen LogP contribution is -2.14. The summed E-state index contributed by atoms with van der Waals surface area (Å²) in [5.41, 5.74) is 0. The Bertz CT molecular complexity index is 127. The van der Waals surface area contributed by atoms with E-state index >= 15 is 0 Å². The highest BCUT2D eigenvalue weighted by Crippen LogP contribution is 2.41. The first-order valence-corrected chi connectivity index (χ1v) is 5.88. The lowest BCUT2D eigenvalue weighted by molar-refractivity contribution is 0.251. The minimum absolute atomic E-state index is 1.08. The van der Waals surface area contributed by atoms with Crippen LogP contribution >= 0.6 is 0 Å². The van der Waals surface area contributed by atoms with Gasteiger partial charge < -0.3 is 0 Å². The molecule has 0 aromatic rings. The topological polar surface area (TPSA) is 0 Å². The first kappa shape index (κ1) is 8.59. The van der Waals surface area contributed by atoms with Crippen molar-refractivity contribution in [2.45, 2.75) is 58.3 Å². The second-order valence-corrected chi connectivity index (χ2v) is 4.97. The van der Waals surface area contributed by atoms with Crippen LogP contribution in [0.2, 0.25) is 0 Å². The van der Waals surface area contributed by atoms with E-state index in [1.54, 1.807) is 32.1 Å². The molecule has 0 N–H and O–H groups in total. The van der Waals surface area contributed by atoms with E-state index in [1.165, 1.54) is 19.3 Å². The summed E-state index contributed by atoms with van der Waals surface area (Å²) in [6, 6.07) is 0. The zero-order chi connectivity index (χ0) is 8.39. The maximum atomic E-state index is 2.35. The molecule has 0 unspecified atom stereocenters. The van der Waals surface area contributed by atoms with Crippen LogP contribution in [0.25, 0.3) is 0 Å². The molecule has 2 saturated carbocycles. The van der Waals surface area contributed by atoms with Crippen LogP contribution in [-0.2, 0) is 0 Å². The Balaban J connectivity index is 1.66. The molecule has 70 valence electrons. The summed E-state index contributed by atoms with van der Waals surface area (Å²) < 4.78 is 0. The van der Waals surface area contributed by atoms with Crippen molar-refractivity contribution in [3.8, 4) is 0 Å². The smallest absolute Gasteiger partial charge is 0.0411 e. The van der Waals surface area contributed by atoms with Crippen molar-refractivity contribution in [3.63, 3.8) is 0 Å². The quantitative estimate of drug-likeness (QED) is 0.594. The van der Waals surface area contributed by atoms with Crippen LogP contribution in [-0.4, -0.2) is 0 Å². The summed E-state index contributed by atoms with van der Waals surface area (Å²) >= 11 is 0. The van der Waals surface area contributed by atoms with Gasteiger partial charge in [0.1, 0.15) is 0 Å². The molecule has 0 aromatic heterocycles. The first-order chi connectivity index (χ1) is 5.88. The highest BCUT2D eigenvalue weighted by Gasteiger charge is 2.27. The molecule has 0 bridgehead atoms. The van der Waals surface area contributed by atoms with Gasteiger partial charge in [-0.25, -0.2) is 0 Å². The average molecular weight is 166 g/mol. The van der Waals surface area contributed by atoms with Crippen molar-refractivity contribution in [1.82, 2.24) is 0 Å². The van der Waals surface area contributed by atoms with Crippen molar-refractivity contribution in [2.24, 2.45) is 17.8 Å². The summed E-state index contributed by atoms with van der Waals surface area (Å²) in [6.45, 7) is 2.35. The largest absolute Gasteiger partial charge is 0.0651 e. The van der Waals surface area contributed by atoms with Gasteiger partial charge in [-0.15, -0.1) is 0 Å². The molecular weight excluding hydrogens is 144 g/mol. The summed E-state index contributed by atoms with van der Waals surface area (Å²) in [5, 5.41) is 0.